The highest BCUT2D eigenvalue weighted by molar-refractivity contribution is 9.10. The maximum Gasteiger partial charge on any atom is 0.326 e. The first-order valence-electron chi connectivity index (χ1n) is 6.59. The van der Waals surface area contributed by atoms with Crippen molar-refractivity contribution in [2.24, 2.45) is 5.41 Å². The molecule has 0 unspecified atom stereocenters. The third-order valence-corrected chi connectivity index (χ3v) is 3.68. The Kier molecular flexibility index (Phi) is 5.39. The Morgan fingerprint density at radius 1 is 1.24 bits per heavy atom. The molecule has 0 aliphatic heterocycles. The van der Waals surface area contributed by atoms with Gasteiger partial charge in [-0.1, -0.05) is 26.8 Å². The van der Waals surface area contributed by atoms with Gasteiger partial charge in [-0.3, -0.25) is 0 Å². The van der Waals surface area contributed by atoms with E-state index in [1.54, 1.807) is 20.8 Å². The molecule has 0 aliphatic carbocycles. The minimum Gasteiger partial charge on any atom is -0.480 e. The summed E-state index contributed by atoms with van der Waals surface area (Å²) in [6.07, 6.45) is 0. The van der Waals surface area contributed by atoms with Crippen molar-refractivity contribution in [1.29, 1.82) is 0 Å². The van der Waals surface area contributed by atoms with Crippen LogP contribution in [-0.2, 0) is 4.79 Å². The number of carboxylic acids is 1. The van der Waals surface area contributed by atoms with Crippen LogP contribution >= 0.6 is 15.9 Å². The Morgan fingerprint density at radius 2 is 1.81 bits per heavy atom. The molecule has 5 nitrogen and oxygen atoms in total. The van der Waals surface area contributed by atoms with Gasteiger partial charge in [0.15, 0.2) is 0 Å². The van der Waals surface area contributed by atoms with E-state index in [0.29, 0.717) is 5.69 Å². The van der Waals surface area contributed by atoms with E-state index in [4.69, 9.17) is 0 Å². The number of urea groups is 1. The highest BCUT2D eigenvalue weighted by Crippen LogP contribution is 2.28. The molecule has 1 aromatic rings. The van der Waals surface area contributed by atoms with Crippen molar-refractivity contribution in [1.82, 2.24) is 5.32 Å². The number of nitrogens with one attached hydrogen (secondary N) is 2. The van der Waals surface area contributed by atoms with E-state index in [1.807, 2.05) is 26.0 Å². The number of hydrogen-bond acceptors (Lipinski definition) is 2. The number of aryl methyl sites for hydroxylation is 2. The molecule has 0 radical (unpaired) electrons. The molecule has 3 N–H and O–H groups in total. The first kappa shape index (κ1) is 17.5. The molecule has 1 rings (SSSR count). The fourth-order valence-electron chi connectivity index (χ4n) is 2.00. The van der Waals surface area contributed by atoms with Crippen molar-refractivity contribution >= 4 is 33.6 Å². The number of aliphatic carboxylic acids is 1. The van der Waals surface area contributed by atoms with Crippen LogP contribution in [0.25, 0.3) is 0 Å². The number of hydrogen-bond donors (Lipinski definition) is 3. The minimum absolute atomic E-state index is 0.537. The lowest BCUT2D eigenvalue weighted by Gasteiger charge is -2.28. The second kappa shape index (κ2) is 6.47. The number of amides is 2. The standard InChI is InChI=1S/C15H21BrN2O3/c1-8-6-9(2)11(10(16)7-8)17-14(21)18-12(13(19)20)15(3,4)5/h6-7,12H,1-5H3,(H,19,20)(H2,17,18,21)/t12-/m1/s1. The van der Waals surface area contributed by atoms with E-state index in [-0.39, 0.29) is 0 Å². The van der Waals surface area contributed by atoms with Crippen molar-refractivity contribution in [2.75, 3.05) is 5.32 Å². The van der Waals surface area contributed by atoms with E-state index < -0.39 is 23.5 Å². The van der Waals surface area contributed by atoms with E-state index in [1.165, 1.54) is 0 Å². The van der Waals surface area contributed by atoms with Gasteiger partial charge in [0.2, 0.25) is 0 Å². The normalized spacial score (nSPS) is 12.7. The van der Waals surface area contributed by atoms with Gasteiger partial charge in [0, 0.05) is 4.47 Å². The summed E-state index contributed by atoms with van der Waals surface area (Å²) in [5.41, 5.74) is 2.03. The maximum absolute atomic E-state index is 12.1. The SMILES string of the molecule is Cc1cc(C)c(NC(=O)N[C@H](C(=O)O)C(C)(C)C)c(Br)c1. The minimum atomic E-state index is -1.06. The third-order valence-electron chi connectivity index (χ3n) is 3.06. The number of halogens is 1. The molecule has 6 heteroatoms. The molecule has 0 saturated heterocycles. The number of carboxylic acid groups (broad SMARTS) is 1. The molecule has 0 heterocycles. The van der Waals surface area contributed by atoms with Gasteiger partial charge in [-0.2, -0.15) is 0 Å². The molecule has 1 aromatic carbocycles. The summed E-state index contributed by atoms with van der Waals surface area (Å²) in [7, 11) is 0. The number of rotatable bonds is 3. The van der Waals surface area contributed by atoms with Gasteiger partial charge in [0.05, 0.1) is 5.69 Å². The quantitative estimate of drug-likeness (QED) is 0.772. The summed E-state index contributed by atoms with van der Waals surface area (Å²) in [4.78, 5) is 23.3. The Morgan fingerprint density at radius 3 is 2.24 bits per heavy atom. The van der Waals surface area contributed by atoms with Gasteiger partial charge in [-0.05, 0) is 52.4 Å². The average molecular weight is 357 g/mol. The summed E-state index contributed by atoms with van der Waals surface area (Å²) in [5.74, 6) is -1.06. The van der Waals surface area contributed by atoms with Crippen molar-refractivity contribution in [2.45, 2.75) is 40.7 Å². The van der Waals surface area contributed by atoms with Crippen LogP contribution in [0.3, 0.4) is 0 Å². The molecule has 0 bridgehead atoms. The Labute approximate surface area is 133 Å². The molecule has 0 aliphatic rings. The summed E-state index contributed by atoms with van der Waals surface area (Å²) in [6, 6.07) is 2.33. The predicted molar refractivity (Wildman–Crippen MR) is 86.6 cm³/mol. The fourth-order valence-corrected chi connectivity index (χ4v) is 2.78. The molecule has 0 fully saturated rings. The van der Waals surface area contributed by atoms with Crippen LogP contribution in [0.5, 0.6) is 0 Å². The zero-order chi connectivity index (χ0) is 16.4. The monoisotopic (exact) mass is 356 g/mol. The molecular formula is C15H21BrN2O3. The van der Waals surface area contributed by atoms with Crippen molar-refractivity contribution in [3.05, 3.63) is 27.7 Å². The highest BCUT2D eigenvalue weighted by Gasteiger charge is 2.32. The molecule has 0 saturated carbocycles. The molecule has 0 spiro atoms. The van der Waals surface area contributed by atoms with Crippen molar-refractivity contribution < 1.29 is 14.7 Å². The lowest BCUT2D eigenvalue weighted by atomic mass is 9.87. The maximum atomic E-state index is 12.1. The first-order valence-corrected chi connectivity index (χ1v) is 7.38. The van der Waals surface area contributed by atoms with Crippen LogP contribution in [0.15, 0.2) is 16.6 Å². The molecule has 0 aromatic heterocycles. The van der Waals surface area contributed by atoms with Crippen LogP contribution < -0.4 is 10.6 Å². The summed E-state index contributed by atoms with van der Waals surface area (Å²) < 4.78 is 0.762. The lowest BCUT2D eigenvalue weighted by molar-refractivity contribution is -0.141. The first-order chi connectivity index (χ1) is 9.52. The average Bonchev–Trinajstić information content (AvgIpc) is 2.28. The predicted octanol–water partition coefficient (Wildman–Crippen LogP) is 3.69. The smallest absolute Gasteiger partial charge is 0.326 e. The third kappa shape index (κ3) is 4.74. The number of carbonyl (C=O) groups excluding carboxylic acids is 1. The van der Waals surface area contributed by atoms with Gasteiger partial charge in [-0.15, -0.1) is 0 Å². The largest absolute Gasteiger partial charge is 0.480 e. The molecular weight excluding hydrogens is 336 g/mol. The summed E-state index contributed by atoms with van der Waals surface area (Å²) in [5, 5.41) is 14.4. The van der Waals surface area contributed by atoms with E-state index >= 15 is 0 Å². The lowest BCUT2D eigenvalue weighted by Crippen LogP contribution is -2.50. The molecule has 2 amide bonds. The van der Waals surface area contributed by atoms with Gasteiger partial charge in [0.25, 0.3) is 0 Å². The molecule has 1 atom stereocenters. The Balaban J connectivity index is 2.90. The summed E-state index contributed by atoms with van der Waals surface area (Å²) in [6.45, 7) is 9.13. The van der Waals surface area contributed by atoms with Gasteiger partial charge in [0.1, 0.15) is 6.04 Å². The summed E-state index contributed by atoms with van der Waals surface area (Å²) >= 11 is 3.40. The van der Waals surface area contributed by atoms with E-state index in [9.17, 15) is 14.7 Å². The fraction of sp³-hybridized carbons (Fsp3) is 0.467. The zero-order valence-electron chi connectivity index (χ0n) is 12.9. The second-order valence-corrected chi connectivity index (χ2v) is 7.03. The van der Waals surface area contributed by atoms with Crippen LogP contribution in [0.2, 0.25) is 0 Å². The highest BCUT2D eigenvalue weighted by atomic mass is 79.9. The van der Waals surface area contributed by atoms with Crippen molar-refractivity contribution in [3.8, 4) is 0 Å². The Hall–Kier alpha value is -1.56. The second-order valence-electron chi connectivity index (χ2n) is 6.17. The Bertz CT molecular complexity index is 542. The number of benzene rings is 1. The number of carbonyl (C=O) groups is 2. The van der Waals surface area contributed by atoms with Crippen molar-refractivity contribution in [3.63, 3.8) is 0 Å². The van der Waals surface area contributed by atoms with Crippen LogP contribution in [0, 0.1) is 19.3 Å². The van der Waals surface area contributed by atoms with Crippen LogP contribution in [-0.4, -0.2) is 23.1 Å². The topological polar surface area (TPSA) is 78.4 Å². The van der Waals surface area contributed by atoms with Crippen LogP contribution in [0.1, 0.15) is 31.9 Å². The van der Waals surface area contributed by atoms with E-state index in [2.05, 4.69) is 26.6 Å². The zero-order valence-corrected chi connectivity index (χ0v) is 14.5. The molecule has 116 valence electrons. The molecule has 21 heavy (non-hydrogen) atoms. The van der Waals surface area contributed by atoms with E-state index in [0.717, 1.165) is 15.6 Å². The van der Waals surface area contributed by atoms with Gasteiger partial charge in [-0.25, -0.2) is 9.59 Å². The number of anilines is 1. The van der Waals surface area contributed by atoms with Gasteiger partial charge < -0.3 is 15.7 Å². The van der Waals surface area contributed by atoms with Gasteiger partial charge >= 0.3 is 12.0 Å². The van der Waals surface area contributed by atoms with Crippen LogP contribution in [0.4, 0.5) is 10.5 Å².